The first-order valence-corrected chi connectivity index (χ1v) is 13.8. The Morgan fingerprint density at radius 2 is 1.74 bits per heavy atom. The highest BCUT2D eigenvalue weighted by Gasteiger charge is 2.39. The third-order valence-corrected chi connectivity index (χ3v) is 7.78. The van der Waals surface area contributed by atoms with Gasteiger partial charge in [-0.15, -0.1) is 0 Å². The first kappa shape index (κ1) is 25.2. The molecule has 3 atom stereocenters. The maximum Gasteiger partial charge on any atom is 0.410 e. The molecule has 2 saturated carbocycles. The number of ether oxygens (including phenoxy) is 1. The van der Waals surface area contributed by atoms with E-state index in [4.69, 9.17) is 10.5 Å². The molecular weight excluding hydrogens is 490 g/mol. The monoisotopic (exact) mass is 525 g/mol. The summed E-state index contributed by atoms with van der Waals surface area (Å²) in [5, 5.41) is 9.93. The largest absolute Gasteiger partial charge is 0.442 e. The van der Waals surface area contributed by atoms with Crippen molar-refractivity contribution in [1.29, 1.82) is 0 Å². The van der Waals surface area contributed by atoms with Gasteiger partial charge in [-0.1, -0.05) is 36.4 Å². The van der Waals surface area contributed by atoms with Crippen molar-refractivity contribution >= 4 is 29.1 Å². The van der Waals surface area contributed by atoms with E-state index in [0.717, 1.165) is 17.2 Å². The van der Waals surface area contributed by atoms with Crippen LogP contribution in [-0.2, 0) is 11.3 Å². The molecule has 5 N–H and O–H groups in total. The van der Waals surface area contributed by atoms with Crippen molar-refractivity contribution < 1.29 is 14.3 Å². The van der Waals surface area contributed by atoms with Gasteiger partial charge in [-0.05, 0) is 79.3 Å². The highest BCUT2D eigenvalue weighted by Crippen LogP contribution is 2.42. The van der Waals surface area contributed by atoms with Crippen molar-refractivity contribution in [2.75, 3.05) is 36.0 Å². The number of nitrogens with one attached hydrogen (secondary N) is 3. The number of nitrogens with two attached hydrogens (primary N) is 1. The minimum Gasteiger partial charge on any atom is -0.442 e. The summed E-state index contributed by atoms with van der Waals surface area (Å²) < 4.78 is 5.58. The van der Waals surface area contributed by atoms with Crippen LogP contribution in [-0.4, -0.2) is 48.7 Å². The summed E-state index contributed by atoms with van der Waals surface area (Å²) >= 11 is 0. The number of carbonyl (C=O) groups is 2. The van der Waals surface area contributed by atoms with Crippen molar-refractivity contribution in [2.45, 2.75) is 43.9 Å². The van der Waals surface area contributed by atoms with E-state index in [1.807, 2.05) is 24.3 Å². The molecule has 1 heterocycles. The maximum atomic E-state index is 12.6. The number of benzene rings is 3. The Morgan fingerprint density at radius 1 is 0.974 bits per heavy atom. The lowest BCUT2D eigenvalue weighted by Crippen LogP contribution is -2.27. The lowest BCUT2D eigenvalue weighted by molar-refractivity contribution is 0.102. The Bertz CT molecular complexity index is 1320. The minimum absolute atomic E-state index is 0.224. The van der Waals surface area contributed by atoms with Gasteiger partial charge in [0.2, 0.25) is 0 Å². The molecule has 0 spiro atoms. The first-order valence-electron chi connectivity index (χ1n) is 13.8. The van der Waals surface area contributed by atoms with Gasteiger partial charge in [0, 0.05) is 29.8 Å². The fraction of sp³-hybridized carbons (Fsp3) is 0.355. The molecule has 39 heavy (non-hydrogen) atoms. The molecule has 3 aliphatic rings. The van der Waals surface area contributed by atoms with Crippen LogP contribution in [0.4, 0.5) is 21.9 Å². The lowest BCUT2D eigenvalue weighted by atomic mass is 10.1. The van der Waals surface area contributed by atoms with Gasteiger partial charge < -0.3 is 31.3 Å². The molecule has 2 amide bonds. The van der Waals surface area contributed by atoms with Crippen LogP contribution in [0.3, 0.4) is 0 Å². The smallest absolute Gasteiger partial charge is 0.410 e. The van der Waals surface area contributed by atoms with Gasteiger partial charge in [0.1, 0.15) is 6.10 Å². The molecule has 0 aromatic heterocycles. The van der Waals surface area contributed by atoms with E-state index in [1.54, 1.807) is 29.2 Å². The number of cyclic esters (lactones) is 1. The molecule has 1 aliphatic heterocycles. The van der Waals surface area contributed by atoms with Gasteiger partial charge in [-0.2, -0.15) is 0 Å². The summed E-state index contributed by atoms with van der Waals surface area (Å²) in [5.74, 6) is 1.31. The van der Waals surface area contributed by atoms with E-state index in [2.05, 4.69) is 40.2 Å². The van der Waals surface area contributed by atoms with Crippen molar-refractivity contribution in [3.8, 4) is 0 Å². The van der Waals surface area contributed by atoms with E-state index in [-0.39, 0.29) is 18.1 Å². The molecule has 202 valence electrons. The number of amides is 2. The molecule has 3 aromatic carbocycles. The van der Waals surface area contributed by atoms with Crippen LogP contribution in [0.5, 0.6) is 0 Å². The van der Waals surface area contributed by atoms with Crippen molar-refractivity contribution in [2.24, 2.45) is 5.92 Å². The maximum absolute atomic E-state index is 12.6. The number of hydrogen-bond acceptors (Lipinski definition) is 6. The molecule has 2 unspecified atom stereocenters. The fourth-order valence-corrected chi connectivity index (χ4v) is 5.11. The van der Waals surface area contributed by atoms with E-state index in [9.17, 15) is 9.59 Å². The second-order valence-electron chi connectivity index (χ2n) is 10.9. The highest BCUT2D eigenvalue weighted by atomic mass is 16.6. The summed E-state index contributed by atoms with van der Waals surface area (Å²) in [6, 6.07) is 23.6. The van der Waals surface area contributed by atoms with Crippen LogP contribution in [0.1, 0.15) is 46.7 Å². The molecule has 6 rings (SSSR count). The predicted molar refractivity (Wildman–Crippen MR) is 153 cm³/mol. The van der Waals surface area contributed by atoms with Crippen LogP contribution in [0.2, 0.25) is 0 Å². The fourth-order valence-electron chi connectivity index (χ4n) is 5.11. The lowest BCUT2D eigenvalue weighted by Gasteiger charge is -2.14. The van der Waals surface area contributed by atoms with Crippen LogP contribution in [0.25, 0.3) is 0 Å². The molecule has 0 bridgehead atoms. The summed E-state index contributed by atoms with van der Waals surface area (Å²) in [5.41, 5.74) is 10.9. The zero-order valence-corrected chi connectivity index (χ0v) is 21.9. The minimum atomic E-state index is -0.322. The average Bonchev–Trinajstić information content (AvgIpc) is 3.87. The zero-order valence-electron chi connectivity index (χ0n) is 21.9. The normalized spacial score (nSPS) is 21.9. The van der Waals surface area contributed by atoms with Crippen LogP contribution in [0, 0.1) is 5.92 Å². The number of nitrogens with zero attached hydrogens (tertiary/aromatic N) is 1. The average molecular weight is 526 g/mol. The van der Waals surface area contributed by atoms with Crippen molar-refractivity contribution in [3.63, 3.8) is 0 Å². The van der Waals surface area contributed by atoms with Crippen LogP contribution >= 0.6 is 0 Å². The van der Waals surface area contributed by atoms with E-state index in [1.165, 1.54) is 31.4 Å². The topological polar surface area (TPSA) is 109 Å². The molecule has 1 saturated heterocycles. The van der Waals surface area contributed by atoms with Crippen molar-refractivity contribution in [3.05, 3.63) is 89.5 Å². The Kier molecular flexibility index (Phi) is 7.11. The first-order chi connectivity index (χ1) is 19.0. The standard InChI is InChI=1S/C31H35N5O3/c32-27-3-1-2-4-28(27)35-30(37)23-9-7-21(8-10-23)18-36-19-25(39-31(36)38)17-33-24-13-11-22(12-14-24)26-15-29(26)34-16-20-5-6-20/h1-4,7-14,20,25-26,29,33-34H,5-6,15-19,32H2,(H,35,37)/t25?,26?,29-/m0/s1. The van der Waals surface area contributed by atoms with Gasteiger partial charge >= 0.3 is 6.09 Å². The number of hydrogen-bond donors (Lipinski definition) is 4. The van der Waals surface area contributed by atoms with Gasteiger partial charge in [0.05, 0.1) is 24.5 Å². The Hall–Kier alpha value is -4.04. The Morgan fingerprint density at radius 3 is 2.49 bits per heavy atom. The Balaban J connectivity index is 0.950. The molecule has 0 radical (unpaired) electrons. The van der Waals surface area contributed by atoms with Crippen LogP contribution in [0.15, 0.2) is 72.8 Å². The third-order valence-electron chi connectivity index (χ3n) is 7.78. The number of carbonyl (C=O) groups excluding carboxylic acids is 2. The Labute approximate surface area is 228 Å². The van der Waals surface area contributed by atoms with Crippen LogP contribution < -0.4 is 21.7 Å². The highest BCUT2D eigenvalue weighted by molar-refractivity contribution is 6.05. The van der Waals surface area contributed by atoms with Gasteiger partial charge in [0.15, 0.2) is 0 Å². The zero-order chi connectivity index (χ0) is 26.8. The van der Waals surface area contributed by atoms with Gasteiger partial charge in [-0.25, -0.2) is 4.79 Å². The van der Waals surface area contributed by atoms with Gasteiger partial charge in [0.25, 0.3) is 5.91 Å². The third kappa shape index (κ3) is 6.34. The molecule has 8 nitrogen and oxygen atoms in total. The van der Waals surface area contributed by atoms with E-state index in [0.29, 0.717) is 48.5 Å². The number of rotatable bonds is 11. The molecule has 8 heteroatoms. The van der Waals surface area contributed by atoms with E-state index >= 15 is 0 Å². The number of anilines is 3. The summed E-state index contributed by atoms with van der Waals surface area (Å²) in [4.78, 5) is 26.7. The SMILES string of the molecule is Nc1ccccc1NC(=O)c1ccc(CN2CC(CNc3ccc(C4C[C@@H]4NCC4CC4)cc3)OC2=O)cc1. The predicted octanol–water partition coefficient (Wildman–Crippen LogP) is 4.81. The number of nitrogen functional groups attached to an aromatic ring is 1. The summed E-state index contributed by atoms with van der Waals surface area (Å²) in [6.45, 7) is 2.66. The second-order valence-corrected chi connectivity index (χ2v) is 10.9. The number of para-hydroxylation sites is 2. The molecule has 2 aliphatic carbocycles. The molecule has 3 aromatic rings. The summed E-state index contributed by atoms with van der Waals surface area (Å²) in [6.07, 6.45) is 3.46. The summed E-state index contributed by atoms with van der Waals surface area (Å²) in [7, 11) is 0. The molecular formula is C31H35N5O3. The quantitative estimate of drug-likeness (QED) is 0.268. The van der Waals surface area contributed by atoms with Gasteiger partial charge in [-0.3, -0.25) is 4.79 Å². The van der Waals surface area contributed by atoms with E-state index < -0.39 is 0 Å². The molecule has 3 fully saturated rings. The second kappa shape index (κ2) is 11.0. The van der Waals surface area contributed by atoms with Crippen molar-refractivity contribution in [1.82, 2.24) is 10.2 Å².